The fourth-order valence-corrected chi connectivity index (χ4v) is 4.21. The maximum Gasteiger partial charge on any atom is 0.0773 e. The molecule has 0 bridgehead atoms. The van der Waals surface area contributed by atoms with E-state index in [1.54, 1.807) is 0 Å². The number of benzene rings is 3. The van der Waals surface area contributed by atoms with Gasteiger partial charge in [-0.25, -0.2) is 0 Å². The minimum Gasteiger partial charge on any atom is -0.354 e. The van der Waals surface area contributed by atoms with E-state index in [9.17, 15) is 0 Å². The lowest BCUT2D eigenvalue weighted by atomic mass is 10.0. The van der Waals surface area contributed by atoms with E-state index >= 15 is 0 Å². The summed E-state index contributed by atoms with van der Waals surface area (Å²) in [5.41, 5.74) is 2.76. The van der Waals surface area contributed by atoms with E-state index in [0.717, 1.165) is 6.54 Å². The third-order valence-corrected chi connectivity index (χ3v) is 5.33. The molecule has 4 rings (SSSR count). The van der Waals surface area contributed by atoms with Crippen molar-refractivity contribution in [1.82, 2.24) is 0 Å². The summed E-state index contributed by atoms with van der Waals surface area (Å²) >= 11 is 1.95. The summed E-state index contributed by atoms with van der Waals surface area (Å²) in [6.45, 7) is 3.25. The molecular formula is C19H17NS. The number of nitrogens with zero attached hydrogens (tertiary/aromatic N) is 1. The smallest absolute Gasteiger partial charge is 0.0773 e. The van der Waals surface area contributed by atoms with Crippen LogP contribution in [-0.2, 0) is 6.54 Å². The van der Waals surface area contributed by atoms with Crippen LogP contribution in [0.1, 0.15) is 12.5 Å². The summed E-state index contributed by atoms with van der Waals surface area (Å²) in [7, 11) is 0. The van der Waals surface area contributed by atoms with Gasteiger partial charge in [-0.3, -0.25) is 0 Å². The standard InChI is InChI=1S/C19H17NS/c1-14-20(18-11-4-5-12-19(18)21-14)13-16-9-6-8-15-7-2-3-10-17(15)16/h2-12,14H,13H2,1H3. The molecule has 0 amide bonds. The van der Waals surface area contributed by atoms with Crippen molar-refractivity contribution in [1.29, 1.82) is 0 Å². The Morgan fingerprint density at radius 1 is 0.905 bits per heavy atom. The van der Waals surface area contributed by atoms with Crippen molar-refractivity contribution in [2.24, 2.45) is 0 Å². The summed E-state index contributed by atoms with van der Waals surface area (Å²) in [6.07, 6.45) is 0. The van der Waals surface area contributed by atoms with E-state index in [-0.39, 0.29) is 0 Å². The predicted octanol–water partition coefficient (Wildman–Crippen LogP) is 5.30. The third-order valence-electron chi connectivity index (χ3n) is 4.13. The summed E-state index contributed by atoms with van der Waals surface area (Å²) in [4.78, 5) is 3.90. The zero-order valence-electron chi connectivity index (χ0n) is 12.0. The number of hydrogen-bond donors (Lipinski definition) is 0. The molecule has 1 atom stereocenters. The van der Waals surface area contributed by atoms with Crippen LogP contribution in [0, 0.1) is 0 Å². The molecule has 0 saturated heterocycles. The third kappa shape index (κ3) is 2.20. The molecule has 2 heteroatoms. The highest BCUT2D eigenvalue weighted by Gasteiger charge is 2.26. The van der Waals surface area contributed by atoms with Crippen molar-refractivity contribution < 1.29 is 0 Å². The molecule has 0 aliphatic carbocycles. The van der Waals surface area contributed by atoms with Gasteiger partial charge in [-0.1, -0.05) is 66.4 Å². The Bertz CT molecular complexity index is 791. The van der Waals surface area contributed by atoms with Crippen LogP contribution in [0.4, 0.5) is 5.69 Å². The Balaban J connectivity index is 1.75. The number of anilines is 1. The van der Waals surface area contributed by atoms with Gasteiger partial charge in [-0.05, 0) is 35.4 Å². The lowest BCUT2D eigenvalue weighted by Crippen LogP contribution is -2.26. The summed E-state index contributed by atoms with van der Waals surface area (Å²) in [5, 5.41) is 3.17. The molecular weight excluding hydrogens is 274 g/mol. The van der Waals surface area contributed by atoms with Gasteiger partial charge >= 0.3 is 0 Å². The zero-order valence-corrected chi connectivity index (χ0v) is 12.8. The molecule has 0 fully saturated rings. The Kier molecular flexibility index (Phi) is 3.12. The normalized spacial score (nSPS) is 17.2. The first-order valence-corrected chi connectivity index (χ1v) is 8.20. The first-order chi connectivity index (χ1) is 10.3. The number of fused-ring (bicyclic) bond motifs is 2. The van der Waals surface area contributed by atoms with E-state index in [1.165, 1.54) is 26.9 Å². The molecule has 1 aliphatic rings. The average molecular weight is 291 g/mol. The molecule has 104 valence electrons. The van der Waals surface area contributed by atoms with Crippen molar-refractivity contribution in [2.75, 3.05) is 4.90 Å². The van der Waals surface area contributed by atoms with Gasteiger partial charge in [0.15, 0.2) is 0 Å². The van der Waals surface area contributed by atoms with Crippen LogP contribution >= 0.6 is 11.8 Å². The topological polar surface area (TPSA) is 3.24 Å². The Morgan fingerprint density at radius 2 is 1.67 bits per heavy atom. The second kappa shape index (κ2) is 5.12. The van der Waals surface area contributed by atoms with E-state index < -0.39 is 0 Å². The molecule has 0 N–H and O–H groups in total. The highest BCUT2D eigenvalue weighted by Crippen LogP contribution is 2.43. The predicted molar refractivity (Wildman–Crippen MR) is 91.9 cm³/mol. The van der Waals surface area contributed by atoms with Gasteiger partial charge in [0.1, 0.15) is 0 Å². The number of hydrogen-bond acceptors (Lipinski definition) is 2. The lowest BCUT2D eigenvalue weighted by molar-refractivity contribution is 0.806. The summed E-state index contributed by atoms with van der Waals surface area (Å²) < 4.78 is 0. The fraction of sp³-hybridized carbons (Fsp3) is 0.158. The van der Waals surface area contributed by atoms with Gasteiger partial charge in [0.2, 0.25) is 0 Å². The molecule has 0 saturated carbocycles. The van der Waals surface area contributed by atoms with Gasteiger partial charge in [-0.15, -0.1) is 0 Å². The van der Waals surface area contributed by atoms with Crippen LogP contribution in [0.3, 0.4) is 0 Å². The second-order valence-electron chi connectivity index (χ2n) is 5.45. The van der Waals surface area contributed by atoms with Crippen molar-refractivity contribution >= 4 is 28.2 Å². The Labute approximate surface area is 129 Å². The number of rotatable bonds is 2. The molecule has 1 heterocycles. The van der Waals surface area contributed by atoms with Crippen molar-refractivity contribution in [3.63, 3.8) is 0 Å². The van der Waals surface area contributed by atoms with E-state index in [1.807, 2.05) is 11.8 Å². The molecule has 1 unspecified atom stereocenters. The highest BCUT2D eigenvalue weighted by atomic mass is 32.2. The average Bonchev–Trinajstić information content (AvgIpc) is 2.84. The Hall–Kier alpha value is -1.93. The van der Waals surface area contributed by atoms with E-state index in [2.05, 4.69) is 78.6 Å². The summed E-state index contributed by atoms with van der Waals surface area (Å²) in [6, 6.07) is 24.0. The van der Waals surface area contributed by atoms with Crippen LogP contribution in [0.5, 0.6) is 0 Å². The Morgan fingerprint density at radius 3 is 2.62 bits per heavy atom. The number of thioether (sulfide) groups is 1. The molecule has 0 spiro atoms. The largest absolute Gasteiger partial charge is 0.354 e. The van der Waals surface area contributed by atoms with Crippen molar-refractivity contribution in [3.05, 3.63) is 72.3 Å². The minimum absolute atomic E-state index is 0.487. The first-order valence-electron chi connectivity index (χ1n) is 7.32. The van der Waals surface area contributed by atoms with Gasteiger partial charge < -0.3 is 4.90 Å². The van der Waals surface area contributed by atoms with Gasteiger partial charge in [0.05, 0.1) is 11.1 Å². The maximum atomic E-state index is 2.50. The van der Waals surface area contributed by atoms with Gasteiger partial charge in [0.25, 0.3) is 0 Å². The molecule has 21 heavy (non-hydrogen) atoms. The minimum atomic E-state index is 0.487. The molecule has 0 radical (unpaired) electrons. The van der Waals surface area contributed by atoms with Crippen LogP contribution < -0.4 is 4.90 Å². The number of para-hydroxylation sites is 1. The van der Waals surface area contributed by atoms with Crippen LogP contribution in [0.15, 0.2) is 71.6 Å². The van der Waals surface area contributed by atoms with E-state index in [4.69, 9.17) is 0 Å². The lowest BCUT2D eigenvalue weighted by Gasteiger charge is -2.24. The molecule has 3 aromatic rings. The van der Waals surface area contributed by atoms with E-state index in [0.29, 0.717) is 5.37 Å². The SMILES string of the molecule is CC1Sc2ccccc2N1Cc1cccc2ccccc12. The summed E-state index contributed by atoms with van der Waals surface area (Å²) in [5.74, 6) is 0. The van der Waals surface area contributed by atoms with Crippen molar-refractivity contribution in [2.45, 2.75) is 23.7 Å². The van der Waals surface area contributed by atoms with Gasteiger partial charge in [-0.2, -0.15) is 0 Å². The quantitative estimate of drug-likeness (QED) is 0.630. The molecule has 3 aromatic carbocycles. The monoisotopic (exact) mass is 291 g/mol. The fourth-order valence-electron chi connectivity index (χ4n) is 3.06. The molecule has 1 nitrogen and oxygen atoms in total. The first kappa shape index (κ1) is 12.8. The highest BCUT2D eigenvalue weighted by molar-refractivity contribution is 8.00. The van der Waals surface area contributed by atoms with Crippen LogP contribution in [0.2, 0.25) is 0 Å². The molecule has 0 aromatic heterocycles. The van der Waals surface area contributed by atoms with Crippen LogP contribution in [-0.4, -0.2) is 5.37 Å². The van der Waals surface area contributed by atoms with Crippen molar-refractivity contribution in [3.8, 4) is 0 Å². The second-order valence-corrected chi connectivity index (χ2v) is 6.81. The maximum absolute atomic E-state index is 2.50. The van der Waals surface area contributed by atoms with Crippen LogP contribution in [0.25, 0.3) is 10.8 Å². The zero-order chi connectivity index (χ0) is 14.2. The van der Waals surface area contributed by atoms with Gasteiger partial charge in [0, 0.05) is 11.4 Å². The molecule has 1 aliphatic heterocycles.